The van der Waals surface area contributed by atoms with Crippen LogP contribution in [0.3, 0.4) is 0 Å². The minimum absolute atomic E-state index is 0.462. The fourth-order valence-corrected chi connectivity index (χ4v) is 2.07. The van der Waals surface area contributed by atoms with Crippen molar-refractivity contribution in [2.75, 3.05) is 0 Å². The second kappa shape index (κ2) is 5.19. The molecule has 2 unspecified atom stereocenters. The third-order valence-corrected chi connectivity index (χ3v) is 3.98. The normalized spacial score (nSPS) is 19.1. The van der Waals surface area contributed by atoms with Crippen LogP contribution in [-0.2, 0) is 0 Å². The van der Waals surface area contributed by atoms with Gasteiger partial charge in [-0.05, 0) is 29.6 Å². The lowest BCUT2D eigenvalue weighted by molar-refractivity contribution is 0.143. The first-order valence-electron chi connectivity index (χ1n) is 6.25. The second-order valence-corrected chi connectivity index (χ2v) is 6.39. The van der Waals surface area contributed by atoms with Gasteiger partial charge >= 0.3 is 0 Å². The fraction of sp³-hybridized carbons (Fsp3) is 1.00. The molecule has 0 spiro atoms. The number of rotatable bonds is 5. The smallest absolute Gasteiger partial charge is 0.0326 e. The first-order chi connectivity index (χ1) is 6.25. The molecule has 0 radical (unpaired) electrons. The van der Waals surface area contributed by atoms with Crippen LogP contribution in [0, 0.1) is 16.7 Å². The largest absolute Gasteiger partial charge is 0.0654 e. The third-order valence-electron chi connectivity index (χ3n) is 3.98. The first-order valence-corrected chi connectivity index (χ1v) is 6.25. The summed E-state index contributed by atoms with van der Waals surface area (Å²) < 4.78 is 0. The van der Waals surface area contributed by atoms with Gasteiger partial charge in [0.2, 0.25) is 0 Å². The minimum Gasteiger partial charge on any atom is -0.0654 e. The SMILES string of the molecule is CCCC(C)(CC)CC(C)C(C)(C)C. The third kappa shape index (κ3) is 4.48. The van der Waals surface area contributed by atoms with Crippen molar-refractivity contribution in [1.29, 1.82) is 0 Å². The van der Waals surface area contributed by atoms with Crippen LogP contribution in [0.15, 0.2) is 0 Å². The summed E-state index contributed by atoms with van der Waals surface area (Å²) in [4.78, 5) is 0. The highest BCUT2D eigenvalue weighted by Gasteiger charge is 2.29. The number of hydrogen-bond acceptors (Lipinski definition) is 0. The van der Waals surface area contributed by atoms with E-state index in [1.165, 1.54) is 25.7 Å². The summed E-state index contributed by atoms with van der Waals surface area (Å²) in [5.41, 5.74) is 1.03. The maximum Gasteiger partial charge on any atom is -0.0326 e. The Morgan fingerprint density at radius 3 is 1.79 bits per heavy atom. The van der Waals surface area contributed by atoms with E-state index >= 15 is 0 Å². The van der Waals surface area contributed by atoms with Crippen LogP contribution >= 0.6 is 0 Å². The highest BCUT2D eigenvalue weighted by atomic mass is 14.3. The van der Waals surface area contributed by atoms with Gasteiger partial charge < -0.3 is 0 Å². The summed E-state index contributed by atoms with van der Waals surface area (Å²) in [5.74, 6) is 0.819. The molecule has 2 atom stereocenters. The van der Waals surface area contributed by atoms with Crippen molar-refractivity contribution in [3.63, 3.8) is 0 Å². The van der Waals surface area contributed by atoms with Crippen molar-refractivity contribution in [2.24, 2.45) is 16.7 Å². The topological polar surface area (TPSA) is 0 Å². The van der Waals surface area contributed by atoms with Crippen LogP contribution in [0.4, 0.5) is 0 Å². The van der Waals surface area contributed by atoms with Gasteiger partial charge in [-0.15, -0.1) is 0 Å². The Kier molecular flexibility index (Phi) is 5.19. The van der Waals surface area contributed by atoms with Crippen molar-refractivity contribution in [1.82, 2.24) is 0 Å². The summed E-state index contributed by atoms with van der Waals surface area (Å²) in [6.45, 7) is 16.6. The molecule has 0 aromatic rings. The molecule has 0 rings (SSSR count). The van der Waals surface area contributed by atoms with Gasteiger partial charge in [-0.3, -0.25) is 0 Å². The van der Waals surface area contributed by atoms with E-state index < -0.39 is 0 Å². The van der Waals surface area contributed by atoms with Crippen LogP contribution in [0.5, 0.6) is 0 Å². The highest BCUT2D eigenvalue weighted by molar-refractivity contribution is 4.80. The lowest BCUT2D eigenvalue weighted by Gasteiger charge is -2.36. The maximum atomic E-state index is 2.46. The van der Waals surface area contributed by atoms with Crippen molar-refractivity contribution in [3.8, 4) is 0 Å². The first kappa shape index (κ1) is 14.0. The molecule has 0 aliphatic heterocycles. The molecule has 0 nitrogen and oxygen atoms in total. The molecule has 0 aliphatic carbocycles. The van der Waals surface area contributed by atoms with Gasteiger partial charge in [0.15, 0.2) is 0 Å². The van der Waals surface area contributed by atoms with E-state index in [2.05, 4.69) is 48.5 Å². The van der Waals surface area contributed by atoms with Gasteiger partial charge in [0.1, 0.15) is 0 Å². The van der Waals surface area contributed by atoms with Gasteiger partial charge in [-0.2, -0.15) is 0 Å². The fourth-order valence-electron chi connectivity index (χ4n) is 2.07. The molecular weight excluding hydrogens is 168 g/mol. The van der Waals surface area contributed by atoms with Crippen LogP contribution in [0.1, 0.15) is 74.1 Å². The molecule has 0 N–H and O–H groups in total. The van der Waals surface area contributed by atoms with Crippen molar-refractivity contribution in [3.05, 3.63) is 0 Å². The van der Waals surface area contributed by atoms with Crippen molar-refractivity contribution >= 4 is 0 Å². The Morgan fingerprint density at radius 1 is 1.00 bits per heavy atom. The summed E-state index contributed by atoms with van der Waals surface area (Å²) in [7, 11) is 0. The summed E-state index contributed by atoms with van der Waals surface area (Å²) in [6.07, 6.45) is 5.40. The van der Waals surface area contributed by atoms with Crippen LogP contribution in [0.2, 0.25) is 0 Å². The Hall–Kier alpha value is 0. The molecule has 86 valence electrons. The van der Waals surface area contributed by atoms with Gasteiger partial charge in [-0.25, -0.2) is 0 Å². The molecule has 14 heavy (non-hydrogen) atoms. The zero-order valence-corrected chi connectivity index (χ0v) is 11.4. The lowest BCUT2D eigenvalue weighted by Crippen LogP contribution is -2.26. The zero-order valence-electron chi connectivity index (χ0n) is 11.4. The number of hydrogen-bond donors (Lipinski definition) is 0. The van der Waals surface area contributed by atoms with E-state index in [9.17, 15) is 0 Å². The summed E-state index contributed by atoms with van der Waals surface area (Å²) >= 11 is 0. The Bertz CT molecular complexity index is 152. The van der Waals surface area contributed by atoms with E-state index in [4.69, 9.17) is 0 Å². The Morgan fingerprint density at radius 2 is 1.50 bits per heavy atom. The van der Waals surface area contributed by atoms with E-state index in [-0.39, 0.29) is 0 Å². The van der Waals surface area contributed by atoms with Crippen molar-refractivity contribution < 1.29 is 0 Å². The predicted octanol–water partition coefficient (Wildman–Crippen LogP) is 5.28. The minimum atomic E-state index is 0.462. The molecule has 0 aromatic heterocycles. The van der Waals surface area contributed by atoms with E-state index in [0.717, 1.165) is 5.92 Å². The molecule has 0 aromatic carbocycles. The Balaban J connectivity index is 4.31. The van der Waals surface area contributed by atoms with Gasteiger partial charge in [-0.1, -0.05) is 61.3 Å². The van der Waals surface area contributed by atoms with Gasteiger partial charge in [0.25, 0.3) is 0 Å². The molecule has 0 saturated carbocycles. The average molecular weight is 198 g/mol. The molecule has 0 heterocycles. The maximum absolute atomic E-state index is 2.46. The molecular formula is C14H30. The Labute approximate surface area is 91.5 Å². The monoisotopic (exact) mass is 198 g/mol. The molecule has 0 bridgehead atoms. The molecule has 0 fully saturated rings. The summed E-state index contributed by atoms with van der Waals surface area (Å²) in [5, 5.41) is 0. The highest BCUT2D eigenvalue weighted by Crippen LogP contribution is 2.40. The van der Waals surface area contributed by atoms with Crippen LogP contribution < -0.4 is 0 Å². The standard InChI is InChI=1S/C14H30/c1-8-10-14(7,9-2)11-12(3)13(4,5)6/h12H,8-11H2,1-7H3. The summed E-state index contributed by atoms with van der Waals surface area (Å²) in [6, 6.07) is 0. The quantitative estimate of drug-likeness (QED) is 0.564. The van der Waals surface area contributed by atoms with E-state index in [1.54, 1.807) is 0 Å². The molecule has 0 amide bonds. The van der Waals surface area contributed by atoms with E-state index in [1.807, 2.05) is 0 Å². The molecule has 0 heteroatoms. The van der Waals surface area contributed by atoms with E-state index in [0.29, 0.717) is 10.8 Å². The zero-order chi connectivity index (χ0) is 11.4. The predicted molar refractivity (Wildman–Crippen MR) is 66.5 cm³/mol. The molecule has 0 aliphatic rings. The van der Waals surface area contributed by atoms with Crippen molar-refractivity contribution in [2.45, 2.75) is 74.1 Å². The van der Waals surface area contributed by atoms with Gasteiger partial charge in [0, 0.05) is 0 Å². The molecule has 0 saturated heterocycles. The second-order valence-electron chi connectivity index (χ2n) is 6.39. The van der Waals surface area contributed by atoms with Gasteiger partial charge in [0.05, 0.1) is 0 Å². The average Bonchev–Trinajstić information content (AvgIpc) is 2.03. The van der Waals surface area contributed by atoms with Crippen LogP contribution in [-0.4, -0.2) is 0 Å². The lowest BCUT2D eigenvalue weighted by atomic mass is 9.69. The van der Waals surface area contributed by atoms with Crippen LogP contribution in [0.25, 0.3) is 0 Å².